The fourth-order valence-electron chi connectivity index (χ4n) is 0.963. The fourth-order valence-corrected chi connectivity index (χ4v) is 1.72. The van der Waals surface area contributed by atoms with Gasteiger partial charge in [0, 0.05) is 17.8 Å². The molecule has 2 N–H and O–H groups in total. The Hall–Kier alpha value is -1.07. The molecule has 2 rings (SSSR count). The summed E-state index contributed by atoms with van der Waals surface area (Å²) < 4.78 is 1.68. The molecule has 0 saturated carbocycles. The van der Waals surface area contributed by atoms with Gasteiger partial charge in [0.2, 0.25) is 0 Å². The molecule has 0 aromatic carbocycles. The summed E-state index contributed by atoms with van der Waals surface area (Å²) in [4.78, 5) is 4.12. The summed E-state index contributed by atoms with van der Waals surface area (Å²) in [5.74, 6) is 0.359. The third-order valence-electron chi connectivity index (χ3n) is 1.52. The van der Waals surface area contributed by atoms with Crippen LogP contribution in [-0.2, 0) is 6.54 Å². The third kappa shape index (κ3) is 1.81. The highest BCUT2D eigenvalue weighted by Gasteiger charge is 2.03. The molecule has 13 heavy (non-hydrogen) atoms. The minimum Gasteiger partial charge on any atom is -0.381 e. The van der Waals surface area contributed by atoms with E-state index in [0.29, 0.717) is 17.4 Å². The van der Waals surface area contributed by atoms with Crippen LogP contribution < -0.4 is 5.73 Å². The zero-order valence-electron chi connectivity index (χ0n) is 6.64. The fraction of sp³-hybridized carbons (Fsp3) is 0.143. The maximum Gasteiger partial charge on any atom is 0.164 e. The van der Waals surface area contributed by atoms with E-state index in [2.05, 4.69) is 10.1 Å². The number of nitrogens with zero attached hydrogens (tertiary/aromatic N) is 3. The average Bonchev–Trinajstić information content (AvgIpc) is 2.64. The number of hydrogen-bond donors (Lipinski definition) is 1. The average molecular weight is 215 g/mol. The number of nitrogen functional groups attached to an aromatic ring is 1. The van der Waals surface area contributed by atoms with Crippen LogP contribution in [0.25, 0.3) is 0 Å². The van der Waals surface area contributed by atoms with Crippen molar-refractivity contribution in [1.82, 2.24) is 14.8 Å². The van der Waals surface area contributed by atoms with E-state index in [4.69, 9.17) is 17.3 Å². The highest BCUT2D eigenvalue weighted by Crippen LogP contribution is 2.16. The van der Waals surface area contributed by atoms with E-state index in [1.165, 1.54) is 0 Å². The molecule has 2 aromatic rings. The van der Waals surface area contributed by atoms with Gasteiger partial charge in [-0.3, -0.25) is 4.68 Å². The summed E-state index contributed by atoms with van der Waals surface area (Å²) in [6.07, 6.45) is 3.45. The van der Waals surface area contributed by atoms with Crippen LogP contribution in [0, 0.1) is 0 Å². The number of thiazole rings is 1. The molecule has 0 radical (unpaired) electrons. The lowest BCUT2D eigenvalue weighted by Gasteiger charge is -1.94. The van der Waals surface area contributed by atoms with E-state index in [9.17, 15) is 0 Å². The van der Waals surface area contributed by atoms with Crippen LogP contribution in [0.1, 0.15) is 5.01 Å². The van der Waals surface area contributed by atoms with Crippen LogP contribution in [0.15, 0.2) is 17.8 Å². The molecule has 0 amide bonds. The molecule has 6 heteroatoms. The van der Waals surface area contributed by atoms with Crippen molar-refractivity contribution in [3.63, 3.8) is 0 Å². The minimum absolute atomic E-state index is 0.359. The quantitative estimate of drug-likeness (QED) is 0.827. The molecule has 0 atom stereocenters. The Kier molecular flexibility index (Phi) is 2.20. The van der Waals surface area contributed by atoms with E-state index in [1.54, 1.807) is 28.4 Å². The second-order valence-electron chi connectivity index (χ2n) is 2.49. The Morgan fingerprint density at radius 2 is 2.46 bits per heavy atom. The van der Waals surface area contributed by atoms with Gasteiger partial charge in [0.25, 0.3) is 0 Å². The topological polar surface area (TPSA) is 56.7 Å². The number of anilines is 1. The van der Waals surface area contributed by atoms with Crippen LogP contribution in [-0.4, -0.2) is 14.8 Å². The van der Waals surface area contributed by atoms with Crippen LogP contribution >= 0.6 is 22.9 Å². The largest absolute Gasteiger partial charge is 0.381 e. The lowest BCUT2D eigenvalue weighted by Crippen LogP contribution is -2.00. The summed E-state index contributed by atoms with van der Waals surface area (Å²) in [7, 11) is 0. The van der Waals surface area contributed by atoms with Crippen molar-refractivity contribution in [2.75, 3.05) is 5.73 Å². The second-order valence-corrected chi connectivity index (χ2v) is 3.87. The first-order chi connectivity index (χ1) is 6.25. The molecule has 0 unspecified atom stereocenters. The first-order valence-corrected chi connectivity index (χ1v) is 4.88. The molecule has 0 aliphatic carbocycles. The van der Waals surface area contributed by atoms with Crippen molar-refractivity contribution in [1.29, 1.82) is 0 Å². The van der Waals surface area contributed by atoms with E-state index in [0.717, 1.165) is 5.01 Å². The zero-order chi connectivity index (χ0) is 9.26. The van der Waals surface area contributed by atoms with Gasteiger partial charge in [-0.15, -0.1) is 11.3 Å². The van der Waals surface area contributed by atoms with E-state index >= 15 is 0 Å². The lowest BCUT2D eigenvalue weighted by molar-refractivity contribution is 0.686. The maximum absolute atomic E-state index is 5.74. The van der Waals surface area contributed by atoms with Crippen LogP contribution in [0.4, 0.5) is 5.82 Å². The number of aromatic nitrogens is 3. The standard InChI is InChI=1S/C7H7ClN4S/c8-5-3-12(11-7(5)9)4-6-10-1-2-13-6/h1-3H,4H2,(H2,9,11). The smallest absolute Gasteiger partial charge is 0.164 e. The Bertz CT molecular complexity index is 375. The Morgan fingerprint density at radius 1 is 1.62 bits per heavy atom. The maximum atomic E-state index is 5.74. The molecule has 0 saturated heterocycles. The van der Waals surface area contributed by atoms with Crippen LogP contribution in [0.5, 0.6) is 0 Å². The lowest BCUT2D eigenvalue weighted by atomic mass is 10.6. The van der Waals surface area contributed by atoms with Crippen molar-refractivity contribution in [3.05, 3.63) is 27.8 Å². The van der Waals surface area contributed by atoms with Gasteiger partial charge >= 0.3 is 0 Å². The molecule has 0 fully saturated rings. The van der Waals surface area contributed by atoms with Gasteiger partial charge in [-0.1, -0.05) is 11.6 Å². The SMILES string of the molecule is Nc1nn(Cc2nccs2)cc1Cl. The zero-order valence-corrected chi connectivity index (χ0v) is 8.22. The van der Waals surface area contributed by atoms with Gasteiger partial charge in [-0.25, -0.2) is 4.98 Å². The first kappa shape index (κ1) is 8.52. The van der Waals surface area contributed by atoms with Gasteiger partial charge in [0.15, 0.2) is 5.82 Å². The number of hydrogen-bond acceptors (Lipinski definition) is 4. The summed E-state index contributed by atoms with van der Waals surface area (Å²) in [6, 6.07) is 0. The molecule has 0 spiro atoms. The monoisotopic (exact) mass is 214 g/mol. The molecular formula is C7H7ClN4S. The van der Waals surface area contributed by atoms with Gasteiger partial charge in [0.05, 0.1) is 6.54 Å². The molecule has 0 bridgehead atoms. The highest BCUT2D eigenvalue weighted by atomic mass is 35.5. The Morgan fingerprint density at radius 3 is 3.00 bits per heavy atom. The highest BCUT2D eigenvalue weighted by molar-refractivity contribution is 7.09. The van der Waals surface area contributed by atoms with E-state index in [-0.39, 0.29) is 0 Å². The van der Waals surface area contributed by atoms with Crippen molar-refractivity contribution in [3.8, 4) is 0 Å². The van der Waals surface area contributed by atoms with E-state index in [1.807, 2.05) is 5.38 Å². The summed E-state index contributed by atoms with van der Waals surface area (Å²) in [5.41, 5.74) is 5.49. The second kappa shape index (κ2) is 3.35. The third-order valence-corrected chi connectivity index (χ3v) is 2.58. The van der Waals surface area contributed by atoms with Gasteiger partial charge in [-0.2, -0.15) is 5.10 Å². The summed E-state index contributed by atoms with van der Waals surface area (Å²) in [5, 5.41) is 7.40. The number of rotatable bonds is 2. The molecule has 0 aliphatic heterocycles. The molecule has 4 nitrogen and oxygen atoms in total. The van der Waals surface area contributed by atoms with Crippen molar-refractivity contribution in [2.24, 2.45) is 0 Å². The molecule has 2 heterocycles. The predicted molar refractivity (Wildman–Crippen MR) is 52.9 cm³/mol. The number of halogens is 1. The van der Waals surface area contributed by atoms with Gasteiger partial charge in [0.1, 0.15) is 10.0 Å². The summed E-state index contributed by atoms with van der Waals surface area (Å²) >= 11 is 7.32. The van der Waals surface area contributed by atoms with Crippen LogP contribution in [0.2, 0.25) is 5.02 Å². The van der Waals surface area contributed by atoms with Crippen molar-refractivity contribution < 1.29 is 0 Å². The predicted octanol–water partition coefficient (Wildman–Crippen LogP) is 1.62. The van der Waals surface area contributed by atoms with Crippen molar-refractivity contribution >= 4 is 28.8 Å². The van der Waals surface area contributed by atoms with Crippen LogP contribution in [0.3, 0.4) is 0 Å². The Balaban J connectivity index is 2.19. The Labute approximate surface area is 84.0 Å². The molecule has 2 aromatic heterocycles. The number of nitrogens with two attached hydrogens (primary N) is 1. The molecular weight excluding hydrogens is 208 g/mol. The van der Waals surface area contributed by atoms with E-state index < -0.39 is 0 Å². The normalized spacial score (nSPS) is 10.5. The van der Waals surface area contributed by atoms with Gasteiger partial charge in [-0.05, 0) is 0 Å². The van der Waals surface area contributed by atoms with Gasteiger partial charge < -0.3 is 5.73 Å². The molecule has 0 aliphatic rings. The first-order valence-electron chi connectivity index (χ1n) is 3.62. The summed E-state index contributed by atoms with van der Waals surface area (Å²) in [6.45, 7) is 0.620. The molecule has 68 valence electrons. The van der Waals surface area contributed by atoms with Crippen molar-refractivity contribution in [2.45, 2.75) is 6.54 Å². The minimum atomic E-state index is 0.359.